The molecule has 0 radical (unpaired) electrons. The van der Waals surface area contributed by atoms with Crippen molar-refractivity contribution in [3.63, 3.8) is 0 Å². The smallest absolute Gasteiger partial charge is 0.258 e. The fraction of sp³-hybridized carbons (Fsp3) is 0.586. The molecule has 0 heterocycles. The molecule has 0 saturated heterocycles. The number of unbranched alkanes of at least 4 members (excludes halogenated alkanes) is 10. The van der Waals surface area contributed by atoms with Gasteiger partial charge in [0.2, 0.25) is 0 Å². The Balaban J connectivity index is 1.87. The Kier molecular flexibility index (Phi) is 9.32. The summed E-state index contributed by atoms with van der Waals surface area (Å²) < 4.78 is 0. The lowest BCUT2D eigenvalue weighted by atomic mass is 9.70. The van der Waals surface area contributed by atoms with Gasteiger partial charge in [0.15, 0.2) is 0 Å². The highest BCUT2D eigenvalue weighted by Crippen LogP contribution is 2.54. The molecule has 0 amide bonds. The van der Waals surface area contributed by atoms with Crippen molar-refractivity contribution in [3.05, 3.63) is 63.7 Å². The topological polar surface area (TPSA) is 43.1 Å². The first kappa shape index (κ1) is 24.5. The Morgan fingerprint density at radius 2 is 1.22 bits per heavy atom. The number of non-ortho nitro benzene ring substituents is 1. The van der Waals surface area contributed by atoms with Crippen molar-refractivity contribution in [2.24, 2.45) is 0 Å². The van der Waals surface area contributed by atoms with Gasteiger partial charge in [-0.3, -0.25) is 10.1 Å². The van der Waals surface area contributed by atoms with Gasteiger partial charge in [0.1, 0.15) is 0 Å². The predicted molar refractivity (Wildman–Crippen MR) is 135 cm³/mol. The van der Waals surface area contributed by atoms with Crippen LogP contribution in [0.3, 0.4) is 0 Å². The molecule has 1 aliphatic carbocycles. The molecule has 2 aromatic rings. The van der Waals surface area contributed by atoms with Crippen LogP contribution in [0.5, 0.6) is 0 Å². The van der Waals surface area contributed by atoms with Crippen molar-refractivity contribution < 1.29 is 4.92 Å². The molecule has 2 aromatic carbocycles. The van der Waals surface area contributed by atoms with E-state index in [0.717, 1.165) is 12.8 Å². The average molecular weight is 436 g/mol. The van der Waals surface area contributed by atoms with E-state index >= 15 is 0 Å². The second kappa shape index (κ2) is 12.2. The highest BCUT2D eigenvalue weighted by atomic mass is 16.6. The molecule has 0 atom stereocenters. The molecule has 3 nitrogen and oxygen atoms in total. The van der Waals surface area contributed by atoms with Gasteiger partial charge in [-0.2, -0.15) is 0 Å². The van der Waals surface area contributed by atoms with E-state index in [0.29, 0.717) is 0 Å². The number of benzene rings is 2. The fourth-order valence-electron chi connectivity index (χ4n) is 5.63. The number of nitro benzene ring substituents is 1. The van der Waals surface area contributed by atoms with Crippen LogP contribution in [-0.4, -0.2) is 4.92 Å². The first-order chi connectivity index (χ1) is 15.6. The summed E-state index contributed by atoms with van der Waals surface area (Å²) in [7, 11) is 0. The maximum Gasteiger partial charge on any atom is 0.269 e. The van der Waals surface area contributed by atoms with Gasteiger partial charge < -0.3 is 0 Å². The number of fused-ring (bicyclic) bond motifs is 3. The van der Waals surface area contributed by atoms with E-state index in [1.54, 1.807) is 6.07 Å². The summed E-state index contributed by atoms with van der Waals surface area (Å²) >= 11 is 0. The molecule has 3 rings (SSSR count). The van der Waals surface area contributed by atoms with Gasteiger partial charge in [0, 0.05) is 17.5 Å². The molecule has 0 aromatic heterocycles. The van der Waals surface area contributed by atoms with E-state index in [1.165, 1.54) is 99.3 Å². The third kappa shape index (κ3) is 5.60. The van der Waals surface area contributed by atoms with Crippen LogP contribution in [0.25, 0.3) is 11.1 Å². The zero-order valence-corrected chi connectivity index (χ0v) is 20.2. The van der Waals surface area contributed by atoms with Crippen molar-refractivity contribution in [3.8, 4) is 11.1 Å². The Bertz CT molecular complexity index is 857. The molecule has 32 heavy (non-hydrogen) atoms. The Hall–Kier alpha value is -2.16. The summed E-state index contributed by atoms with van der Waals surface area (Å²) in [6, 6.07) is 14.3. The number of hydrogen-bond acceptors (Lipinski definition) is 2. The lowest BCUT2D eigenvalue weighted by Gasteiger charge is -2.32. The summed E-state index contributed by atoms with van der Waals surface area (Å²) in [5.74, 6) is 0. The maximum atomic E-state index is 11.6. The standard InChI is InChI=1S/C29H41NO2/c1-3-5-7-9-11-15-21-29(22-16-12-10-8-6-4-2)27-18-14-13-17-25(27)26-20-19-24(30(31)32)23-28(26)29/h13-14,17-20,23H,3-12,15-16,21-22H2,1-2H3. The zero-order valence-electron chi connectivity index (χ0n) is 20.2. The molecule has 0 N–H and O–H groups in total. The van der Waals surface area contributed by atoms with Gasteiger partial charge in [-0.15, -0.1) is 0 Å². The van der Waals surface area contributed by atoms with Crippen LogP contribution in [0.4, 0.5) is 5.69 Å². The highest BCUT2D eigenvalue weighted by Gasteiger charge is 2.42. The number of nitrogens with zero attached hydrogens (tertiary/aromatic N) is 1. The zero-order chi connectivity index (χ0) is 22.8. The third-order valence-corrected chi connectivity index (χ3v) is 7.38. The fourth-order valence-corrected chi connectivity index (χ4v) is 5.63. The second-order valence-corrected chi connectivity index (χ2v) is 9.65. The van der Waals surface area contributed by atoms with E-state index in [4.69, 9.17) is 0 Å². The summed E-state index contributed by atoms with van der Waals surface area (Å²) in [5.41, 5.74) is 5.25. The SMILES string of the molecule is CCCCCCCCC1(CCCCCCCC)c2ccccc2-c2ccc([N+](=O)[O-])cc21. The molecule has 0 bridgehead atoms. The van der Waals surface area contributed by atoms with E-state index < -0.39 is 0 Å². The van der Waals surface area contributed by atoms with Crippen LogP contribution >= 0.6 is 0 Å². The van der Waals surface area contributed by atoms with E-state index in [2.05, 4.69) is 38.1 Å². The van der Waals surface area contributed by atoms with Crippen LogP contribution in [0.2, 0.25) is 0 Å². The first-order valence-electron chi connectivity index (χ1n) is 13.0. The van der Waals surface area contributed by atoms with E-state index in [1.807, 2.05) is 12.1 Å². The molecule has 0 aliphatic heterocycles. The van der Waals surface area contributed by atoms with Crippen molar-refractivity contribution in [2.45, 2.75) is 109 Å². The highest BCUT2D eigenvalue weighted by molar-refractivity contribution is 5.82. The molecule has 174 valence electrons. The average Bonchev–Trinajstić information content (AvgIpc) is 3.08. The Morgan fingerprint density at radius 1 is 0.688 bits per heavy atom. The van der Waals surface area contributed by atoms with Crippen molar-refractivity contribution in [1.29, 1.82) is 0 Å². The molecule has 0 unspecified atom stereocenters. The monoisotopic (exact) mass is 435 g/mol. The van der Waals surface area contributed by atoms with Crippen LogP contribution < -0.4 is 0 Å². The normalized spacial score (nSPS) is 13.7. The van der Waals surface area contributed by atoms with Crippen molar-refractivity contribution in [1.82, 2.24) is 0 Å². The molecule has 3 heteroatoms. The summed E-state index contributed by atoms with van der Waals surface area (Å²) in [4.78, 5) is 11.4. The van der Waals surface area contributed by atoms with Crippen molar-refractivity contribution in [2.75, 3.05) is 0 Å². The van der Waals surface area contributed by atoms with Gasteiger partial charge in [-0.25, -0.2) is 0 Å². The van der Waals surface area contributed by atoms with Crippen LogP contribution in [0.1, 0.15) is 115 Å². The third-order valence-electron chi connectivity index (χ3n) is 7.38. The largest absolute Gasteiger partial charge is 0.269 e. The van der Waals surface area contributed by atoms with Crippen LogP contribution in [0.15, 0.2) is 42.5 Å². The predicted octanol–water partition coefficient (Wildman–Crippen LogP) is 9.36. The number of rotatable bonds is 15. The second-order valence-electron chi connectivity index (χ2n) is 9.65. The Labute approximate surface area is 194 Å². The van der Waals surface area contributed by atoms with Gasteiger partial charge in [-0.05, 0) is 41.2 Å². The van der Waals surface area contributed by atoms with Crippen LogP contribution in [0, 0.1) is 10.1 Å². The molecule has 0 fully saturated rings. The van der Waals surface area contributed by atoms with Crippen LogP contribution in [-0.2, 0) is 5.41 Å². The molecule has 0 saturated carbocycles. The summed E-state index contributed by atoms with van der Waals surface area (Å²) in [5, 5.41) is 11.6. The lowest BCUT2D eigenvalue weighted by molar-refractivity contribution is -0.384. The van der Waals surface area contributed by atoms with Gasteiger partial charge in [-0.1, -0.05) is 115 Å². The van der Waals surface area contributed by atoms with E-state index in [-0.39, 0.29) is 16.0 Å². The maximum absolute atomic E-state index is 11.6. The summed E-state index contributed by atoms with van der Waals surface area (Å²) in [6.45, 7) is 4.52. The van der Waals surface area contributed by atoms with Gasteiger partial charge in [0.05, 0.1) is 4.92 Å². The molecule has 1 aliphatic rings. The summed E-state index contributed by atoms with van der Waals surface area (Å²) in [6.07, 6.45) is 17.5. The van der Waals surface area contributed by atoms with E-state index in [9.17, 15) is 10.1 Å². The molecule has 0 spiro atoms. The first-order valence-corrected chi connectivity index (χ1v) is 13.0. The minimum atomic E-state index is -0.233. The number of hydrogen-bond donors (Lipinski definition) is 0. The van der Waals surface area contributed by atoms with Gasteiger partial charge >= 0.3 is 0 Å². The lowest BCUT2D eigenvalue weighted by Crippen LogP contribution is -2.25. The Morgan fingerprint density at radius 3 is 1.81 bits per heavy atom. The molecular weight excluding hydrogens is 394 g/mol. The number of nitro groups is 1. The minimum absolute atomic E-state index is 0.0759. The minimum Gasteiger partial charge on any atom is -0.258 e. The molecular formula is C29H41NO2. The quantitative estimate of drug-likeness (QED) is 0.159. The van der Waals surface area contributed by atoms with Gasteiger partial charge in [0.25, 0.3) is 5.69 Å². The van der Waals surface area contributed by atoms with Crippen molar-refractivity contribution >= 4 is 5.69 Å².